The molecule has 0 fully saturated rings. The summed E-state index contributed by atoms with van der Waals surface area (Å²) in [7, 11) is 0. The number of hydrogen-bond donors (Lipinski definition) is 0. The third-order valence-electron chi connectivity index (χ3n) is 4.92. The summed E-state index contributed by atoms with van der Waals surface area (Å²) in [5.74, 6) is 3.51. The van der Waals surface area contributed by atoms with Crippen molar-refractivity contribution in [3.05, 3.63) is 83.2 Å². The fourth-order valence-electron chi connectivity index (χ4n) is 4.19. The van der Waals surface area contributed by atoms with E-state index < -0.39 is 0 Å². The van der Waals surface area contributed by atoms with Crippen LogP contribution >= 0.6 is 0 Å². The van der Waals surface area contributed by atoms with E-state index in [-0.39, 0.29) is 0 Å². The predicted molar refractivity (Wildman–Crippen MR) is 74.9 cm³/mol. The Bertz CT molecular complexity index is 766. The van der Waals surface area contributed by atoms with E-state index in [1.54, 1.807) is 6.26 Å². The van der Waals surface area contributed by atoms with Gasteiger partial charge in [0.2, 0.25) is 0 Å². The Morgan fingerprint density at radius 1 is 0.800 bits per heavy atom. The van der Waals surface area contributed by atoms with Crippen LogP contribution in [0.2, 0.25) is 0 Å². The van der Waals surface area contributed by atoms with E-state index in [2.05, 4.69) is 36.4 Å². The smallest absolute Gasteiger partial charge is 0.108 e. The van der Waals surface area contributed by atoms with Crippen LogP contribution < -0.4 is 0 Å². The molecule has 5 rings (SSSR count). The molecule has 2 aliphatic rings. The van der Waals surface area contributed by atoms with Crippen LogP contribution in [0.5, 0.6) is 0 Å². The molecule has 3 atom stereocenters. The zero-order valence-corrected chi connectivity index (χ0v) is 11.0. The Morgan fingerprint density at radius 3 is 2.55 bits per heavy atom. The minimum Gasteiger partial charge on any atom is -0.469 e. The minimum absolute atomic E-state index is 0.379. The maximum absolute atomic E-state index is 5.75. The van der Waals surface area contributed by atoms with Crippen molar-refractivity contribution < 1.29 is 8.83 Å². The monoisotopic (exact) mass is 262 g/mol. The topological polar surface area (TPSA) is 26.3 Å². The quantitative estimate of drug-likeness (QED) is 0.648. The Labute approximate surface area is 117 Å². The first-order valence-corrected chi connectivity index (χ1v) is 7.12. The van der Waals surface area contributed by atoms with Crippen molar-refractivity contribution in [1.82, 2.24) is 0 Å². The molecular weight excluding hydrogens is 248 g/mol. The van der Waals surface area contributed by atoms with Crippen molar-refractivity contribution in [3.63, 3.8) is 0 Å². The maximum Gasteiger partial charge on any atom is 0.108 e. The van der Waals surface area contributed by atoms with Crippen LogP contribution in [0, 0.1) is 0 Å². The summed E-state index contributed by atoms with van der Waals surface area (Å²) in [4.78, 5) is 0. The van der Waals surface area contributed by atoms with Crippen molar-refractivity contribution in [2.24, 2.45) is 0 Å². The van der Waals surface area contributed by atoms with Crippen molar-refractivity contribution in [3.8, 4) is 0 Å². The highest BCUT2D eigenvalue weighted by Gasteiger charge is 2.48. The number of furan rings is 2. The SMILES string of the molecule is c1coc([C@H]2C3Cc4occc4C2c2ccccc23)c1. The van der Waals surface area contributed by atoms with Crippen LogP contribution in [-0.4, -0.2) is 0 Å². The van der Waals surface area contributed by atoms with Crippen LogP contribution in [-0.2, 0) is 6.42 Å². The van der Waals surface area contributed by atoms with Crippen molar-refractivity contribution in [2.75, 3.05) is 0 Å². The van der Waals surface area contributed by atoms with Gasteiger partial charge in [-0.25, -0.2) is 0 Å². The normalized spacial score (nSPS) is 26.3. The van der Waals surface area contributed by atoms with Gasteiger partial charge in [0, 0.05) is 29.7 Å². The summed E-state index contributed by atoms with van der Waals surface area (Å²) in [6.07, 6.45) is 4.58. The molecule has 2 heteroatoms. The number of rotatable bonds is 1. The Balaban J connectivity index is 1.79. The first-order valence-electron chi connectivity index (χ1n) is 7.12. The molecule has 2 heterocycles. The van der Waals surface area contributed by atoms with Crippen LogP contribution in [0.15, 0.2) is 63.8 Å². The van der Waals surface area contributed by atoms with Gasteiger partial charge in [0.05, 0.1) is 12.5 Å². The lowest BCUT2D eigenvalue weighted by atomic mass is 9.74. The van der Waals surface area contributed by atoms with E-state index in [1.807, 2.05) is 12.3 Å². The molecule has 0 saturated carbocycles. The second kappa shape index (κ2) is 3.66. The Morgan fingerprint density at radius 2 is 1.70 bits per heavy atom. The minimum atomic E-state index is 0.379. The zero-order valence-electron chi connectivity index (χ0n) is 11.0. The van der Waals surface area contributed by atoms with Gasteiger partial charge in [0.15, 0.2) is 0 Å². The molecule has 0 amide bonds. The molecule has 20 heavy (non-hydrogen) atoms. The van der Waals surface area contributed by atoms with Crippen LogP contribution in [0.1, 0.15) is 46.0 Å². The fourth-order valence-corrected chi connectivity index (χ4v) is 4.19. The molecule has 0 radical (unpaired) electrons. The largest absolute Gasteiger partial charge is 0.469 e. The molecule has 2 unspecified atom stereocenters. The highest BCUT2D eigenvalue weighted by Crippen LogP contribution is 2.59. The molecule has 3 aromatic rings. The zero-order chi connectivity index (χ0) is 13.1. The summed E-state index contributed by atoms with van der Waals surface area (Å²) in [6.45, 7) is 0. The van der Waals surface area contributed by atoms with Gasteiger partial charge in [0.1, 0.15) is 11.5 Å². The molecule has 1 aromatic carbocycles. The molecule has 2 aliphatic carbocycles. The number of hydrogen-bond acceptors (Lipinski definition) is 2. The third-order valence-corrected chi connectivity index (χ3v) is 4.92. The summed E-state index contributed by atoms with van der Waals surface area (Å²) in [5, 5.41) is 0. The molecule has 2 aromatic heterocycles. The summed E-state index contributed by atoms with van der Waals surface area (Å²) >= 11 is 0. The Hall–Kier alpha value is -2.22. The first-order chi connectivity index (χ1) is 9.93. The fraction of sp³-hybridized carbons (Fsp3) is 0.222. The molecule has 0 N–H and O–H groups in total. The van der Waals surface area contributed by atoms with Gasteiger partial charge in [0.25, 0.3) is 0 Å². The predicted octanol–water partition coefficient (Wildman–Crippen LogP) is 4.44. The average Bonchev–Trinajstić information content (AvgIpc) is 3.19. The van der Waals surface area contributed by atoms with Crippen LogP contribution in [0.3, 0.4) is 0 Å². The van der Waals surface area contributed by atoms with Gasteiger partial charge >= 0.3 is 0 Å². The van der Waals surface area contributed by atoms with E-state index in [0.717, 1.165) is 17.9 Å². The van der Waals surface area contributed by atoms with Gasteiger partial charge in [-0.2, -0.15) is 0 Å². The van der Waals surface area contributed by atoms with Crippen molar-refractivity contribution in [2.45, 2.75) is 24.2 Å². The lowest BCUT2D eigenvalue weighted by Gasteiger charge is -2.28. The molecule has 0 aliphatic heterocycles. The maximum atomic E-state index is 5.75. The van der Waals surface area contributed by atoms with Gasteiger partial charge in [-0.05, 0) is 29.3 Å². The summed E-state index contributed by atoms with van der Waals surface area (Å²) in [6, 6.07) is 15.0. The second-order valence-corrected chi connectivity index (χ2v) is 5.76. The van der Waals surface area contributed by atoms with Gasteiger partial charge < -0.3 is 8.83 Å². The van der Waals surface area contributed by atoms with Gasteiger partial charge in [-0.15, -0.1) is 0 Å². The first kappa shape index (κ1) is 10.6. The van der Waals surface area contributed by atoms with E-state index in [9.17, 15) is 0 Å². The number of benzene rings is 1. The standard InChI is InChI=1S/C18H14O2/c1-2-5-12-11(4-1)14-10-16-13(7-9-20-16)17(12)18(14)15-6-3-8-19-15/h1-9,14,17-18H,10H2/t14?,17?,18-/m1/s1. The highest BCUT2D eigenvalue weighted by molar-refractivity contribution is 5.54. The van der Waals surface area contributed by atoms with E-state index in [1.165, 1.54) is 16.7 Å². The summed E-state index contributed by atoms with van der Waals surface area (Å²) in [5.41, 5.74) is 4.25. The molecule has 0 saturated heterocycles. The molecule has 0 spiro atoms. The van der Waals surface area contributed by atoms with Crippen molar-refractivity contribution in [1.29, 1.82) is 0 Å². The van der Waals surface area contributed by atoms with E-state index in [4.69, 9.17) is 8.83 Å². The van der Waals surface area contributed by atoms with Crippen LogP contribution in [0.4, 0.5) is 0 Å². The summed E-state index contributed by atoms with van der Waals surface area (Å²) < 4.78 is 11.4. The lowest BCUT2D eigenvalue weighted by Crippen LogP contribution is -2.18. The second-order valence-electron chi connectivity index (χ2n) is 5.76. The molecule has 98 valence electrons. The van der Waals surface area contributed by atoms with Crippen LogP contribution in [0.25, 0.3) is 0 Å². The highest BCUT2D eigenvalue weighted by atomic mass is 16.3. The molecule has 2 nitrogen and oxygen atoms in total. The van der Waals surface area contributed by atoms with E-state index in [0.29, 0.717) is 17.8 Å². The third kappa shape index (κ3) is 1.19. The molecule has 2 bridgehead atoms. The van der Waals surface area contributed by atoms with Gasteiger partial charge in [-0.3, -0.25) is 0 Å². The lowest BCUT2D eigenvalue weighted by molar-refractivity contribution is 0.371. The van der Waals surface area contributed by atoms with E-state index >= 15 is 0 Å². The molecular formula is C18H14O2. The number of fused-ring (bicyclic) bond motifs is 7. The van der Waals surface area contributed by atoms with Crippen molar-refractivity contribution >= 4 is 0 Å². The average molecular weight is 262 g/mol. The Kier molecular flexibility index (Phi) is 1.93. The van der Waals surface area contributed by atoms with Gasteiger partial charge in [-0.1, -0.05) is 24.3 Å².